The Morgan fingerprint density at radius 2 is 1.67 bits per heavy atom. The van der Waals surface area contributed by atoms with E-state index in [1.54, 1.807) is 6.92 Å². The van der Waals surface area contributed by atoms with E-state index < -0.39 is 30.1 Å². The van der Waals surface area contributed by atoms with Gasteiger partial charge in [-0.25, -0.2) is 4.79 Å². The van der Waals surface area contributed by atoms with Crippen LogP contribution in [0.3, 0.4) is 0 Å². The van der Waals surface area contributed by atoms with Gasteiger partial charge in [-0.2, -0.15) is 0 Å². The van der Waals surface area contributed by atoms with Crippen LogP contribution in [0.25, 0.3) is 11.1 Å². The zero-order valence-corrected chi connectivity index (χ0v) is 18.7. The number of amides is 2. The summed E-state index contributed by atoms with van der Waals surface area (Å²) in [5.41, 5.74) is 4.49. The van der Waals surface area contributed by atoms with Gasteiger partial charge in [0.1, 0.15) is 18.6 Å². The Balaban J connectivity index is 1.38. The van der Waals surface area contributed by atoms with Crippen molar-refractivity contribution in [2.75, 3.05) is 26.8 Å². The Morgan fingerprint density at radius 1 is 1.06 bits per heavy atom. The number of carboxylic acid groups (broad SMARTS) is 1. The SMILES string of the molecule is CC[C@H](NC(=O)OCC1c2ccccc2-c2ccccc21)C(=O)N1CC(OC)C(C(=O)O)C1. The predicted molar refractivity (Wildman–Crippen MR) is 121 cm³/mol. The van der Waals surface area contributed by atoms with Crippen LogP contribution in [0, 0.1) is 5.92 Å². The maximum Gasteiger partial charge on any atom is 0.407 e. The molecule has 2 amide bonds. The highest BCUT2D eigenvalue weighted by Crippen LogP contribution is 2.44. The number of carbonyl (C=O) groups is 3. The van der Waals surface area contributed by atoms with Crippen LogP contribution >= 0.6 is 0 Å². The highest BCUT2D eigenvalue weighted by atomic mass is 16.5. The normalized spacial score (nSPS) is 20.1. The van der Waals surface area contributed by atoms with Gasteiger partial charge in [0.2, 0.25) is 5.91 Å². The Labute approximate surface area is 192 Å². The summed E-state index contributed by atoms with van der Waals surface area (Å²) in [6.45, 7) is 2.16. The van der Waals surface area contributed by atoms with Gasteiger partial charge in [0.15, 0.2) is 0 Å². The van der Waals surface area contributed by atoms with Gasteiger partial charge in [0.25, 0.3) is 0 Å². The maximum absolute atomic E-state index is 12.9. The van der Waals surface area contributed by atoms with Crippen LogP contribution < -0.4 is 5.32 Å². The molecule has 2 aromatic carbocycles. The second-order valence-electron chi connectivity index (χ2n) is 8.39. The number of nitrogens with zero attached hydrogens (tertiary/aromatic N) is 1. The van der Waals surface area contributed by atoms with Crippen LogP contribution in [-0.4, -0.2) is 66.9 Å². The summed E-state index contributed by atoms with van der Waals surface area (Å²) in [6.07, 6.45) is -0.887. The highest BCUT2D eigenvalue weighted by Gasteiger charge is 2.41. The lowest BCUT2D eigenvalue weighted by molar-refractivity contribution is -0.144. The van der Waals surface area contributed by atoms with E-state index >= 15 is 0 Å². The molecule has 2 aromatic rings. The molecule has 2 unspecified atom stereocenters. The third-order valence-corrected chi connectivity index (χ3v) is 6.54. The third-order valence-electron chi connectivity index (χ3n) is 6.54. The Hall–Kier alpha value is -3.39. The minimum atomic E-state index is -1.00. The van der Waals surface area contributed by atoms with Crippen LogP contribution in [0.2, 0.25) is 0 Å². The number of carboxylic acids is 1. The molecule has 174 valence electrons. The second kappa shape index (κ2) is 9.62. The quantitative estimate of drug-likeness (QED) is 0.669. The summed E-state index contributed by atoms with van der Waals surface area (Å²) in [5.74, 6) is -2.20. The first kappa shape index (κ1) is 22.8. The van der Waals surface area contributed by atoms with E-state index in [9.17, 15) is 19.5 Å². The molecule has 1 heterocycles. The molecule has 0 radical (unpaired) electrons. The maximum atomic E-state index is 12.9. The zero-order valence-electron chi connectivity index (χ0n) is 18.7. The van der Waals surface area contributed by atoms with Gasteiger partial charge in [-0.1, -0.05) is 55.5 Å². The summed E-state index contributed by atoms with van der Waals surface area (Å²) in [6, 6.07) is 15.3. The molecule has 1 aliphatic carbocycles. The van der Waals surface area contributed by atoms with Gasteiger partial charge in [-0.15, -0.1) is 0 Å². The van der Waals surface area contributed by atoms with Crippen LogP contribution in [0.5, 0.6) is 0 Å². The first-order valence-electron chi connectivity index (χ1n) is 11.1. The number of alkyl carbamates (subject to hydrolysis) is 1. The average molecular weight is 453 g/mol. The van der Waals surface area contributed by atoms with E-state index in [1.807, 2.05) is 36.4 Å². The first-order valence-corrected chi connectivity index (χ1v) is 11.1. The van der Waals surface area contributed by atoms with Crippen molar-refractivity contribution in [3.05, 3.63) is 59.7 Å². The number of carbonyl (C=O) groups excluding carboxylic acids is 2. The lowest BCUT2D eigenvalue weighted by atomic mass is 9.98. The molecule has 8 nitrogen and oxygen atoms in total. The molecule has 8 heteroatoms. The van der Waals surface area contributed by atoms with Gasteiger partial charge in [-0.3, -0.25) is 9.59 Å². The summed E-state index contributed by atoms with van der Waals surface area (Å²) in [4.78, 5) is 38.4. The number of benzene rings is 2. The zero-order chi connectivity index (χ0) is 23.5. The average Bonchev–Trinajstić information content (AvgIpc) is 3.40. The second-order valence-corrected chi connectivity index (χ2v) is 8.39. The number of aliphatic carboxylic acids is 1. The molecule has 0 spiro atoms. The number of fused-ring (bicyclic) bond motifs is 3. The molecule has 0 bridgehead atoms. The van der Waals surface area contributed by atoms with E-state index in [0.29, 0.717) is 6.42 Å². The number of nitrogens with one attached hydrogen (secondary N) is 1. The number of hydrogen-bond donors (Lipinski definition) is 2. The largest absolute Gasteiger partial charge is 0.481 e. The lowest BCUT2D eigenvalue weighted by Gasteiger charge is -2.23. The predicted octanol–water partition coefficient (Wildman–Crippen LogP) is 2.86. The topological polar surface area (TPSA) is 105 Å². The Morgan fingerprint density at radius 3 is 2.18 bits per heavy atom. The molecular formula is C25H28N2O6. The van der Waals surface area contributed by atoms with Crippen LogP contribution in [-0.2, 0) is 19.1 Å². The van der Waals surface area contributed by atoms with Gasteiger partial charge >= 0.3 is 12.1 Å². The first-order chi connectivity index (χ1) is 15.9. The minimum absolute atomic E-state index is 0.0511. The molecule has 1 fully saturated rings. The van der Waals surface area contributed by atoms with E-state index in [-0.39, 0.29) is 31.5 Å². The van der Waals surface area contributed by atoms with Crippen molar-refractivity contribution < 1.29 is 29.0 Å². The van der Waals surface area contributed by atoms with Crippen molar-refractivity contribution in [2.45, 2.75) is 31.4 Å². The summed E-state index contributed by atoms with van der Waals surface area (Å²) in [5, 5.41) is 12.0. The minimum Gasteiger partial charge on any atom is -0.481 e. The molecule has 4 rings (SSSR count). The summed E-state index contributed by atoms with van der Waals surface area (Å²) < 4.78 is 10.8. The fourth-order valence-electron chi connectivity index (χ4n) is 4.77. The standard InChI is InChI=1S/C25H28N2O6/c1-3-21(23(28)27-12-19(24(29)30)22(13-27)32-2)26-25(31)33-14-20-17-10-6-4-8-15(17)16-9-5-7-11-18(16)20/h4-11,19-22H,3,12-14H2,1-2H3,(H,26,31)(H,29,30)/t19?,21-,22?/m0/s1. The Bertz CT molecular complexity index is 1010. The third kappa shape index (κ3) is 4.43. The van der Waals surface area contributed by atoms with Gasteiger partial charge in [-0.05, 0) is 28.7 Å². The monoisotopic (exact) mass is 452 g/mol. The van der Waals surface area contributed by atoms with Crippen LogP contribution in [0.4, 0.5) is 4.79 Å². The number of likely N-dealkylation sites (tertiary alicyclic amines) is 1. The number of ether oxygens (including phenoxy) is 2. The van der Waals surface area contributed by atoms with Crippen molar-refractivity contribution in [1.82, 2.24) is 10.2 Å². The number of hydrogen-bond acceptors (Lipinski definition) is 5. The van der Waals surface area contributed by atoms with Crippen LogP contribution in [0.1, 0.15) is 30.4 Å². The molecule has 2 N–H and O–H groups in total. The molecule has 0 saturated carbocycles. The number of methoxy groups -OCH3 is 1. The van der Waals surface area contributed by atoms with Crippen molar-refractivity contribution in [3.63, 3.8) is 0 Å². The van der Waals surface area contributed by atoms with E-state index in [2.05, 4.69) is 17.4 Å². The fourth-order valence-corrected chi connectivity index (χ4v) is 4.77. The van der Waals surface area contributed by atoms with Crippen molar-refractivity contribution in [3.8, 4) is 11.1 Å². The highest BCUT2D eigenvalue weighted by molar-refractivity contribution is 5.87. The van der Waals surface area contributed by atoms with E-state index in [0.717, 1.165) is 22.3 Å². The molecule has 0 aromatic heterocycles. The molecule has 1 saturated heterocycles. The van der Waals surface area contributed by atoms with Crippen molar-refractivity contribution >= 4 is 18.0 Å². The van der Waals surface area contributed by atoms with Crippen LogP contribution in [0.15, 0.2) is 48.5 Å². The molecule has 33 heavy (non-hydrogen) atoms. The molecule has 3 atom stereocenters. The van der Waals surface area contributed by atoms with Gasteiger partial charge < -0.3 is 24.8 Å². The van der Waals surface area contributed by atoms with Crippen molar-refractivity contribution in [2.24, 2.45) is 5.92 Å². The van der Waals surface area contributed by atoms with E-state index in [1.165, 1.54) is 12.0 Å². The Kier molecular flexibility index (Phi) is 6.65. The summed E-state index contributed by atoms with van der Waals surface area (Å²) in [7, 11) is 1.43. The molecule has 2 aliphatic rings. The van der Waals surface area contributed by atoms with Crippen molar-refractivity contribution in [1.29, 1.82) is 0 Å². The lowest BCUT2D eigenvalue weighted by Crippen LogP contribution is -2.48. The molecule has 1 aliphatic heterocycles. The number of rotatable bonds is 7. The summed E-state index contributed by atoms with van der Waals surface area (Å²) >= 11 is 0. The fraction of sp³-hybridized carbons (Fsp3) is 0.400. The van der Waals surface area contributed by atoms with Gasteiger partial charge in [0.05, 0.1) is 6.10 Å². The van der Waals surface area contributed by atoms with E-state index in [4.69, 9.17) is 9.47 Å². The molecular weight excluding hydrogens is 424 g/mol. The van der Waals surface area contributed by atoms with Gasteiger partial charge in [0, 0.05) is 26.1 Å². The smallest absolute Gasteiger partial charge is 0.407 e.